The first-order valence-electron chi connectivity index (χ1n) is 5.42. The van der Waals surface area contributed by atoms with Crippen LogP contribution in [0.15, 0.2) is 10.9 Å². The van der Waals surface area contributed by atoms with E-state index in [0.717, 1.165) is 0 Å². The molecule has 0 amide bonds. The Morgan fingerprint density at radius 1 is 1.41 bits per heavy atom. The van der Waals surface area contributed by atoms with Gasteiger partial charge in [-0.25, -0.2) is 4.98 Å². The summed E-state index contributed by atoms with van der Waals surface area (Å²) in [6.45, 7) is 3.91. The molecule has 1 heterocycles. The molecule has 0 fully saturated rings. The Bertz CT molecular complexity index is 423. The Hall–Kier alpha value is -1.33. The average Bonchev–Trinajstić information content (AvgIpc) is 2.11. The van der Waals surface area contributed by atoms with Crippen LogP contribution in [0.3, 0.4) is 0 Å². The fourth-order valence-corrected chi connectivity index (χ4v) is 1.46. The molecular weight excluding hydrogens is 233 g/mol. The molecule has 0 aliphatic carbocycles. The summed E-state index contributed by atoms with van der Waals surface area (Å²) >= 11 is 0. The molecule has 0 aliphatic rings. The predicted molar refractivity (Wildman–Crippen MR) is 57.8 cm³/mol. The minimum absolute atomic E-state index is 0.102. The smallest absolute Gasteiger partial charge is 0.311 e. The van der Waals surface area contributed by atoms with E-state index in [1.807, 2.05) is 13.8 Å². The van der Waals surface area contributed by atoms with Crippen LogP contribution < -0.4 is 5.56 Å². The van der Waals surface area contributed by atoms with Gasteiger partial charge in [0, 0.05) is 18.2 Å². The second kappa shape index (κ2) is 5.33. The number of halogens is 3. The van der Waals surface area contributed by atoms with Crippen molar-refractivity contribution in [2.45, 2.75) is 39.3 Å². The van der Waals surface area contributed by atoms with Gasteiger partial charge in [-0.3, -0.25) is 4.79 Å². The highest BCUT2D eigenvalue weighted by Crippen LogP contribution is 2.20. The van der Waals surface area contributed by atoms with E-state index in [0.29, 0.717) is 18.0 Å². The molecule has 6 heteroatoms. The van der Waals surface area contributed by atoms with Gasteiger partial charge < -0.3 is 4.98 Å². The molecule has 0 radical (unpaired) electrons. The first-order chi connectivity index (χ1) is 7.76. The Kier molecular flexibility index (Phi) is 4.31. The number of rotatable bonds is 4. The fraction of sp³-hybridized carbons (Fsp3) is 0.636. The lowest BCUT2D eigenvalue weighted by Crippen LogP contribution is -2.16. The first-order valence-corrected chi connectivity index (χ1v) is 5.42. The lowest BCUT2D eigenvalue weighted by molar-refractivity contribution is -0.134. The molecule has 0 saturated heterocycles. The zero-order chi connectivity index (χ0) is 13.1. The highest BCUT2D eigenvalue weighted by molar-refractivity contribution is 5.03. The van der Waals surface area contributed by atoms with Gasteiger partial charge in [-0.15, -0.1) is 0 Å². The normalized spacial score (nSPS) is 12.1. The number of aromatic nitrogens is 2. The Morgan fingerprint density at radius 3 is 2.59 bits per heavy atom. The van der Waals surface area contributed by atoms with Gasteiger partial charge in [0.25, 0.3) is 5.56 Å². The van der Waals surface area contributed by atoms with Crippen LogP contribution in [0.25, 0.3) is 0 Å². The Morgan fingerprint density at radius 2 is 2.06 bits per heavy atom. The topological polar surface area (TPSA) is 45.8 Å². The summed E-state index contributed by atoms with van der Waals surface area (Å²) in [5, 5.41) is 0. The van der Waals surface area contributed by atoms with Crippen LogP contribution in [0.5, 0.6) is 0 Å². The molecule has 0 atom stereocenters. The van der Waals surface area contributed by atoms with Crippen LogP contribution >= 0.6 is 0 Å². The van der Waals surface area contributed by atoms with Crippen molar-refractivity contribution >= 4 is 0 Å². The van der Waals surface area contributed by atoms with Crippen LogP contribution in [0, 0.1) is 5.92 Å². The Balaban J connectivity index is 2.79. The van der Waals surface area contributed by atoms with Crippen molar-refractivity contribution in [1.82, 2.24) is 9.97 Å². The van der Waals surface area contributed by atoms with Crippen LogP contribution in [-0.4, -0.2) is 16.1 Å². The first kappa shape index (κ1) is 13.7. The second-order valence-electron chi connectivity index (χ2n) is 4.40. The van der Waals surface area contributed by atoms with E-state index in [-0.39, 0.29) is 12.2 Å². The highest BCUT2D eigenvalue weighted by Gasteiger charge is 2.27. The summed E-state index contributed by atoms with van der Waals surface area (Å²) in [5.74, 6) is 0.408. The average molecular weight is 248 g/mol. The van der Waals surface area contributed by atoms with Crippen molar-refractivity contribution in [3.63, 3.8) is 0 Å². The molecule has 0 unspecified atom stereocenters. The Labute approximate surface area is 97.1 Å². The standard InChI is InChI=1S/C11H15F3N2O/c1-7(2)5-8-6-10(17)16-9(15-8)3-4-11(12,13)14/h6-7H,3-5H2,1-2H3,(H,15,16,17). The third-order valence-electron chi connectivity index (χ3n) is 2.11. The van der Waals surface area contributed by atoms with Gasteiger partial charge in [0.05, 0.1) is 6.42 Å². The van der Waals surface area contributed by atoms with E-state index in [1.165, 1.54) is 6.07 Å². The maximum Gasteiger partial charge on any atom is 0.389 e. The molecule has 3 nitrogen and oxygen atoms in total. The van der Waals surface area contributed by atoms with E-state index >= 15 is 0 Å². The summed E-state index contributed by atoms with van der Waals surface area (Å²) in [4.78, 5) is 17.6. The third kappa shape index (κ3) is 5.51. The van der Waals surface area contributed by atoms with E-state index in [4.69, 9.17) is 0 Å². The quantitative estimate of drug-likeness (QED) is 0.889. The molecule has 1 aromatic rings. The fourth-order valence-electron chi connectivity index (χ4n) is 1.46. The van der Waals surface area contributed by atoms with Crippen molar-refractivity contribution in [2.75, 3.05) is 0 Å². The van der Waals surface area contributed by atoms with E-state index < -0.39 is 18.2 Å². The van der Waals surface area contributed by atoms with Gasteiger partial charge in [-0.05, 0) is 12.3 Å². The maximum atomic E-state index is 12.0. The van der Waals surface area contributed by atoms with Gasteiger partial charge in [0.15, 0.2) is 0 Å². The molecule has 1 aromatic heterocycles. The molecule has 0 aliphatic heterocycles. The number of alkyl halides is 3. The number of hydrogen-bond donors (Lipinski definition) is 1. The number of nitrogens with zero attached hydrogens (tertiary/aromatic N) is 1. The molecule has 96 valence electrons. The minimum Gasteiger partial charge on any atom is -0.311 e. The van der Waals surface area contributed by atoms with Crippen molar-refractivity contribution in [2.24, 2.45) is 5.92 Å². The zero-order valence-corrected chi connectivity index (χ0v) is 9.77. The van der Waals surface area contributed by atoms with Crippen molar-refractivity contribution in [3.8, 4) is 0 Å². The van der Waals surface area contributed by atoms with Crippen molar-refractivity contribution in [1.29, 1.82) is 0 Å². The lowest BCUT2D eigenvalue weighted by Gasteiger charge is -2.08. The molecule has 17 heavy (non-hydrogen) atoms. The van der Waals surface area contributed by atoms with E-state index in [2.05, 4.69) is 9.97 Å². The lowest BCUT2D eigenvalue weighted by atomic mass is 10.1. The molecule has 0 spiro atoms. The molecule has 0 saturated carbocycles. The number of aromatic amines is 1. The summed E-state index contributed by atoms with van der Waals surface area (Å²) in [7, 11) is 0. The number of hydrogen-bond acceptors (Lipinski definition) is 2. The van der Waals surface area contributed by atoms with Crippen LogP contribution in [0.4, 0.5) is 13.2 Å². The van der Waals surface area contributed by atoms with Crippen molar-refractivity contribution in [3.05, 3.63) is 27.9 Å². The highest BCUT2D eigenvalue weighted by atomic mass is 19.4. The van der Waals surface area contributed by atoms with Gasteiger partial charge in [-0.2, -0.15) is 13.2 Å². The molecular formula is C11H15F3N2O. The summed E-state index contributed by atoms with van der Waals surface area (Å²) in [6, 6.07) is 1.33. The van der Waals surface area contributed by atoms with Crippen molar-refractivity contribution < 1.29 is 13.2 Å². The van der Waals surface area contributed by atoms with Crippen LogP contribution in [0.2, 0.25) is 0 Å². The number of aryl methyl sites for hydroxylation is 1. The van der Waals surface area contributed by atoms with Crippen LogP contribution in [0.1, 0.15) is 31.8 Å². The molecule has 1 N–H and O–H groups in total. The molecule has 1 rings (SSSR count). The monoisotopic (exact) mass is 248 g/mol. The SMILES string of the molecule is CC(C)Cc1cc(=O)[nH]c(CCC(F)(F)F)n1. The third-order valence-corrected chi connectivity index (χ3v) is 2.11. The van der Waals surface area contributed by atoms with Gasteiger partial charge >= 0.3 is 6.18 Å². The summed E-state index contributed by atoms with van der Waals surface area (Å²) in [6.07, 6.45) is -4.90. The maximum absolute atomic E-state index is 12.0. The largest absolute Gasteiger partial charge is 0.389 e. The molecule has 0 bridgehead atoms. The van der Waals surface area contributed by atoms with Gasteiger partial charge in [0.1, 0.15) is 5.82 Å². The summed E-state index contributed by atoms with van der Waals surface area (Å²) < 4.78 is 36.1. The van der Waals surface area contributed by atoms with Gasteiger partial charge in [-0.1, -0.05) is 13.8 Å². The summed E-state index contributed by atoms with van der Waals surface area (Å²) in [5.41, 5.74) is 0.147. The molecule has 0 aromatic carbocycles. The van der Waals surface area contributed by atoms with E-state index in [1.54, 1.807) is 0 Å². The second-order valence-corrected chi connectivity index (χ2v) is 4.40. The predicted octanol–water partition coefficient (Wildman–Crippen LogP) is 2.46. The zero-order valence-electron chi connectivity index (χ0n) is 9.77. The minimum atomic E-state index is -4.23. The number of nitrogens with one attached hydrogen (secondary N) is 1. The van der Waals surface area contributed by atoms with Crippen LogP contribution in [-0.2, 0) is 12.8 Å². The number of H-pyrrole nitrogens is 1. The van der Waals surface area contributed by atoms with E-state index in [9.17, 15) is 18.0 Å². The van der Waals surface area contributed by atoms with Gasteiger partial charge in [0.2, 0.25) is 0 Å².